The van der Waals surface area contributed by atoms with Crippen LogP contribution in [-0.4, -0.2) is 93.8 Å². The summed E-state index contributed by atoms with van der Waals surface area (Å²) in [4.78, 5) is 76.1. The smallest absolute Gasteiger partial charge is 0.343 e. The minimum Gasteiger partial charge on any atom is -0.507 e. The first-order valence-corrected chi connectivity index (χ1v) is 19.7. The molecule has 322 valence electrons. The zero-order valence-corrected chi connectivity index (χ0v) is 33.7. The molecule has 0 spiro atoms. The molecule has 1 N–H and O–H groups in total. The van der Waals surface area contributed by atoms with Gasteiger partial charge in [0, 0.05) is 19.3 Å². The van der Waals surface area contributed by atoms with Gasteiger partial charge in [0.15, 0.2) is 0 Å². The van der Waals surface area contributed by atoms with Crippen molar-refractivity contribution in [2.45, 2.75) is 52.4 Å². The number of carbonyl (C=O) groups excluding carboxylic acids is 6. The van der Waals surface area contributed by atoms with Crippen molar-refractivity contribution < 1.29 is 76.5 Å². The maximum Gasteiger partial charge on any atom is 0.343 e. The lowest BCUT2D eigenvalue weighted by atomic mass is 9.82. The van der Waals surface area contributed by atoms with Gasteiger partial charge in [-0.05, 0) is 113 Å². The highest BCUT2D eigenvalue weighted by Gasteiger charge is 2.33. The Kier molecular flexibility index (Phi) is 19.0. The fourth-order valence-electron chi connectivity index (χ4n) is 5.83. The predicted molar refractivity (Wildman–Crippen MR) is 212 cm³/mol. The number of aromatic hydroxyl groups is 1. The van der Waals surface area contributed by atoms with E-state index < -0.39 is 47.7 Å². The Balaban J connectivity index is 1.32. The third-order valence-corrected chi connectivity index (χ3v) is 9.03. The molecule has 1 aliphatic rings. The molecular formula is C44H50O16. The minimum atomic E-state index is -0.836. The van der Waals surface area contributed by atoms with Crippen molar-refractivity contribution in [3.63, 3.8) is 0 Å². The Labute approximate surface area is 347 Å². The van der Waals surface area contributed by atoms with E-state index in [0.717, 1.165) is 6.08 Å². The van der Waals surface area contributed by atoms with Crippen LogP contribution >= 0.6 is 0 Å². The summed E-state index contributed by atoms with van der Waals surface area (Å²) < 4.78 is 48.2. The third-order valence-electron chi connectivity index (χ3n) is 9.03. The van der Waals surface area contributed by atoms with Gasteiger partial charge in [-0.3, -0.25) is 9.59 Å². The van der Waals surface area contributed by atoms with Crippen LogP contribution in [0, 0.1) is 11.8 Å². The number of esters is 6. The van der Waals surface area contributed by atoms with E-state index in [2.05, 4.69) is 6.58 Å². The van der Waals surface area contributed by atoms with E-state index in [1.54, 1.807) is 26.0 Å². The highest BCUT2D eigenvalue weighted by molar-refractivity contribution is 5.97. The summed E-state index contributed by atoms with van der Waals surface area (Å²) in [6.07, 6.45) is 3.58. The minimum absolute atomic E-state index is 0.0120. The molecule has 3 aromatic rings. The van der Waals surface area contributed by atoms with Gasteiger partial charge in [-0.2, -0.15) is 0 Å². The summed E-state index contributed by atoms with van der Waals surface area (Å²) in [7, 11) is 0. The molecule has 4 rings (SSSR count). The van der Waals surface area contributed by atoms with Crippen LogP contribution in [0.3, 0.4) is 0 Å². The van der Waals surface area contributed by atoms with Crippen LogP contribution in [0.4, 0.5) is 0 Å². The van der Waals surface area contributed by atoms with Gasteiger partial charge in [-0.1, -0.05) is 6.58 Å². The van der Waals surface area contributed by atoms with Gasteiger partial charge < -0.3 is 47.7 Å². The Hall–Kier alpha value is -6.26. The molecule has 1 fully saturated rings. The van der Waals surface area contributed by atoms with Crippen molar-refractivity contribution >= 4 is 35.8 Å². The van der Waals surface area contributed by atoms with E-state index in [4.69, 9.17) is 42.6 Å². The summed E-state index contributed by atoms with van der Waals surface area (Å²) in [5, 5.41) is 10.1. The standard InChI is InChI=1S/C44H50O16/c1-4-39(46)55-22-8-7-21-54-32-15-13-31(14-16-32)42(49)60-38-20-18-34(28-36(38)44(51)57-26-24-53-6-3)59-41(48)30-11-9-29(10-12-30)40(47)58-33-17-19-37(45)35(27-33)43(50)56-25-23-52-5-2/h4,13-20,27-30,45H,1,5-12,21-26H2,2-3H3. The van der Waals surface area contributed by atoms with Gasteiger partial charge in [0.1, 0.15) is 53.1 Å². The number of ether oxygens (including phenoxy) is 9. The number of rotatable bonds is 23. The number of phenolic OH excluding ortho intramolecular Hbond substituents is 1. The van der Waals surface area contributed by atoms with Crippen molar-refractivity contribution in [1.82, 2.24) is 0 Å². The quantitative estimate of drug-likeness (QED) is 0.0371. The second-order valence-corrected chi connectivity index (χ2v) is 13.2. The van der Waals surface area contributed by atoms with E-state index in [9.17, 15) is 33.9 Å². The van der Waals surface area contributed by atoms with Crippen molar-refractivity contribution in [3.8, 4) is 28.7 Å². The molecule has 16 nitrogen and oxygen atoms in total. The highest BCUT2D eigenvalue weighted by atomic mass is 16.6. The lowest BCUT2D eigenvalue weighted by molar-refractivity contribution is -0.145. The van der Waals surface area contributed by atoms with E-state index in [1.807, 2.05) is 0 Å². The normalized spacial score (nSPS) is 14.6. The van der Waals surface area contributed by atoms with Gasteiger partial charge in [-0.15, -0.1) is 0 Å². The molecule has 0 unspecified atom stereocenters. The van der Waals surface area contributed by atoms with Crippen LogP contribution in [0.5, 0.6) is 28.7 Å². The average Bonchev–Trinajstić information content (AvgIpc) is 3.26. The fourth-order valence-corrected chi connectivity index (χ4v) is 5.83. The summed E-state index contributed by atoms with van der Waals surface area (Å²) in [6, 6.07) is 14.0. The number of unbranched alkanes of at least 4 members (excludes halogenated alkanes) is 1. The monoisotopic (exact) mass is 834 g/mol. The third kappa shape index (κ3) is 14.8. The van der Waals surface area contributed by atoms with E-state index in [1.165, 1.54) is 48.5 Å². The largest absolute Gasteiger partial charge is 0.507 e. The van der Waals surface area contributed by atoms with E-state index in [0.29, 0.717) is 64.1 Å². The number of carbonyl (C=O) groups is 6. The molecule has 16 heteroatoms. The Morgan fingerprint density at radius 3 is 1.68 bits per heavy atom. The topological polar surface area (TPSA) is 206 Å². The zero-order valence-electron chi connectivity index (χ0n) is 33.7. The van der Waals surface area contributed by atoms with Crippen molar-refractivity contribution in [2.24, 2.45) is 11.8 Å². The molecule has 0 atom stereocenters. The number of phenols is 1. The molecule has 0 heterocycles. The average molecular weight is 835 g/mol. The van der Waals surface area contributed by atoms with Gasteiger partial charge in [0.2, 0.25) is 0 Å². The number of hydrogen-bond acceptors (Lipinski definition) is 16. The number of hydrogen-bond donors (Lipinski definition) is 1. The summed E-state index contributed by atoms with van der Waals surface area (Å²) >= 11 is 0. The molecule has 0 bridgehead atoms. The van der Waals surface area contributed by atoms with Crippen molar-refractivity contribution in [3.05, 3.63) is 90.0 Å². The lowest BCUT2D eigenvalue weighted by Crippen LogP contribution is -2.30. The van der Waals surface area contributed by atoms with Gasteiger partial charge in [0.25, 0.3) is 0 Å². The van der Waals surface area contributed by atoms with Crippen LogP contribution in [0.25, 0.3) is 0 Å². The van der Waals surface area contributed by atoms with E-state index >= 15 is 0 Å². The molecule has 0 aliphatic heterocycles. The Bertz CT molecular complexity index is 1930. The molecule has 1 saturated carbocycles. The Morgan fingerprint density at radius 2 is 1.12 bits per heavy atom. The first-order chi connectivity index (χ1) is 29.0. The SMILES string of the molecule is C=CC(=O)OCCCCOc1ccc(C(=O)Oc2ccc(OC(=O)C3CCC(C(=O)Oc4ccc(O)c(C(=O)OCCOCC)c4)CC3)cc2C(=O)OCCOCC)cc1. The summed E-state index contributed by atoms with van der Waals surface area (Å²) in [5.41, 5.74) is -0.152. The zero-order chi connectivity index (χ0) is 43.3. The van der Waals surface area contributed by atoms with Gasteiger partial charge in [0.05, 0.1) is 43.8 Å². The molecule has 0 amide bonds. The molecule has 3 aromatic carbocycles. The summed E-state index contributed by atoms with van der Waals surface area (Å²) in [5.74, 6) is -5.01. The number of benzene rings is 3. The maximum atomic E-state index is 13.3. The molecule has 0 aromatic heterocycles. The van der Waals surface area contributed by atoms with Crippen molar-refractivity contribution in [1.29, 1.82) is 0 Å². The van der Waals surface area contributed by atoms with Crippen molar-refractivity contribution in [2.75, 3.05) is 52.9 Å². The second kappa shape index (κ2) is 24.6. The molecule has 0 radical (unpaired) electrons. The molecule has 1 aliphatic carbocycles. The van der Waals surface area contributed by atoms with Crippen LogP contribution in [-0.2, 0) is 38.1 Å². The molecule has 0 saturated heterocycles. The van der Waals surface area contributed by atoms with Crippen LogP contribution in [0.1, 0.15) is 83.4 Å². The molecular weight excluding hydrogens is 784 g/mol. The van der Waals surface area contributed by atoms with Gasteiger partial charge >= 0.3 is 35.8 Å². The summed E-state index contributed by atoms with van der Waals surface area (Å²) in [6.45, 7) is 8.66. The second-order valence-electron chi connectivity index (χ2n) is 13.2. The lowest BCUT2D eigenvalue weighted by Gasteiger charge is -2.26. The van der Waals surface area contributed by atoms with Gasteiger partial charge in [-0.25, -0.2) is 19.2 Å². The fraction of sp³-hybridized carbons (Fsp3) is 0.409. The first kappa shape index (κ1) is 46.4. The highest BCUT2D eigenvalue weighted by Crippen LogP contribution is 2.33. The van der Waals surface area contributed by atoms with E-state index in [-0.39, 0.29) is 72.7 Å². The van der Waals surface area contributed by atoms with Crippen LogP contribution < -0.4 is 18.9 Å². The Morgan fingerprint density at radius 1 is 0.600 bits per heavy atom. The molecule has 60 heavy (non-hydrogen) atoms. The maximum absolute atomic E-state index is 13.3. The van der Waals surface area contributed by atoms with Crippen LogP contribution in [0.2, 0.25) is 0 Å². The first-order valence-electron chi connectivity index (χ1n) is 19.7. The predicted octanol–water partition coefficient (Wildman–Crippen LogP) is 6.20. The van der Waals surface area contributed by atoms with Crippen LogP contribution in [0.15, 0.2) is 73.3 Å².